The lowest BCUT2D eigenvalue weighted by atomic mass is 10.2. The average molecular weight is 155 g/mol. The van der Waals surface area contributed by atoms with E-state index >= 15 is 0 Å². The van der Waals surface area contributed by atoms with Crippen molar-refractivity contribution in [3.05, 3.63) is 42.9 Å². The van der Waals surface area contributed by atoms with Crippen LogP contribution in [0.1, 0.15) is 5.76 Å². The lowest BCUT2D eigenvalue weighted by molar-refractivity contribution is 0.422. The molecule has 0 atom stereocenters. The van der Waals surface area contributed by atoms with Gasteiger partial charge < -0.3 is 4.42 Å². The summed E-state index contributed by atoms with van der Waals surface area (Å²) in [5.74, 6) is 0.304. The highest BCUT2D eigenvalue weighted by atomic mass is 19.3. The first kappa shape index (κ1) is 7.72. The highest BCUT2D eigenvalue weighted by molar-refractivity contribution is 5.68. The van der Waals surface area contributed by atoms with Crippen molar-refractivity contribution in [2.75, 3.05) is 0 Å². The minimum absolute atomic E-state index is 0.145. The van der Waals surface area contributed by atoms with Crippen LogP contribution in [0.15, 0.2) is 35.3 Å². The van der Waals surface area contributed by atoms with Crippen LogP contribution in [0, 0.1) is 6.26 Å². The smallest absolute Gasteiger partial charge is 0.271 e. The third-order valence-electron chi connectivity index (χ3n) is 1.07. The Kier molecular flexibility index (Phi) is 2.21. The molecule has 1 radical (unpaired) electrons. The summed E-state index contributed by atoms with van der Waals surface area (Å²) in [6, 6.07) is 3.01. The van der Waals surface area contributed by atoms with Gasteiger partial charge in [-0.05, 0) is 12.1 Å². The summed E-state index contributed by atoms with van der Waals surface area (Å²) in [5.41, 5.74) is 0.145. The molecular formula is C8H5F2O. The van der Waals surface area contributed by atoms with Crippen LogP contribution < -0.4 is 0 Å². The highest BCUT2D eigenvalue weighted by Crippen LogP contribution is 2.16. The van der Waals surface area contributed by atoms with Gasteiger partial charge in [-0.25, -0.2) is 0 Å². The van der Waals surface area contributed by atoms with Crippen LogP contribution in [0.2, 0.25) is 0 Å². The van der Waals surface area contributed by atoms with E-state index in [2.05, 4.69) is 12.8 Å². The standard InChI is InChI=1S/C8H5F2O/c1-6(5-8(9)10)7-3-2-4-11-7/h2-3,5H,1H2. The molecule has 57 valence electrons. The van der Waals surface area contributed by atoms with Crippen molar-refractivity contribution in [1.29, 1.82) is 0 Å². The Morgan fingerprint density at radius 3 is 2.82 bits per heavy atom. The second-order valence-electron chi connectivity index (χ2n) is 1.88. The number of furan rings is 1. The molecule has 1 aromatic rings. The zero-order valence-corrected chi connectivity index (χ0v) is 5.60. The molecule has 0 aliphatic heterocycles. The van der Waals surface area contributed by atoms with Crippen LogP contribution in [0.3, 0.4) is 0 Å². The van der Waals surface area contributed by atoms with Crippen molar-refractivity contribution >= 4 is 5.57 Å². The maximum absolute atomic E-state index is 11.6. The molecule has 11 heavy (non-hydrogen) atoms. The summed E-state index contributed by atoms with van der Waals surface area (Å²) in [7, 11) is 0. The average Bonchev–Trinajstić information content (AvgIpc) is 2.35. The maximum Gasteiger partial charge on any atom is 0.271 e. The van der Waals surface area contributed by atoms with E-state index in [4.69, 9.17) is 4.42 Å². The number of halogens is 2. The van der Waals surface area contributed by atoms with Gasteiger partial charge in [0.15, 0.2) is 6.26 Å². The molecule has 0 saturated carbocycles. The third kappa shape index (κ3) is 2.04. The van der Waals surface area contributed by atoms with Crippen molar-refractivity contribution in [2.45, 2.75) is 0 Å². The fraction of sp³-hybridized carbons (Fsp3) is 0. The van der Waals surface area contributed by atoms with Gasteiger partial charge in [0.05, 0.1) is 0 Å². The van der Waals surface area contributed by atoms with Gasteiger partial charge in [-0.3, -0.25) is 0 Å². The van der Waals surface area contributed by atoms with Gasteiger partial charge in [0.2, 0.25) is 0 Å². The second kappa shape index (κ2) is 3.14. The van der Waals surface area contributed by atoms with Crippen LogP contribution in [0.25, 0.3) is 5.57 Å². The van der Waals surface area contributed by atoms with E-state index in [0.29, 0.717) is 11.8 Å². The summed E-state index contributed by atoms with van der Waals surface area (Å²) >= 11 is 0. The Morgan fingerprint density at radius 2 is 2.36 bits per heavy atom. The van der Waals surface area contributed by atoms with Gasteiger partial charge in [0, 0.05) is 11.6 Å². The first-order valence-electron chi connectivity index (χ1n) is 2.88. The van der Waals surface area contributed by atoms with Crippen LogP contribution in [0.4, 0.5) is 8.78 Å². The van der Waals surface area contributed by atoms with Crippen LogP contribution in [-0.2, 0) is 0 Å². The molecule has 0 saturated heterocycles. The van der Waals surface area contributed by atoms with E-state index in [1.54, 1.807) is 0 Å². The predicted molar refractivity (Wildman–Crippen MR) is 36.9 cm³/mol. The van der Waals surface area contributed by atoms with Crippen LogP contribution in [-0.4, -0.2) is 0 Å². The van der Waals surface area contributed by atoms with Crippen molar-refractivity contribution in [1.82, 2.24) is 0 Å². The molecule has 1 rings (SSSR count). The molecule has 0 unspecified atom stereocenters. The van der Waals surface area contributed by atoms with Gasteiger partial charge in [-0.1, -0.05) is 6.58 Å². The summed E-state index contributed by atoms with van der Waals surface area (Å²) in [6.45, 7) is 3.37. The molecule has 0 aromatic carbocycles. The van der Waals surface area contributed by atoms with Gasteiger partial charge in [-0.2, -0.15) is 8.78 Å². The van der Waals surface area contributed by atoms with E-state index in [0.717, 1.165) is 0 Å². The monoisotopic (exact) mass is 155 g/mol. The molecule has 0 amide bonds. The molecule has 0 bridgehead atoms. The zero-order chi connectivity index (χ0) is 8.27. The topological polar surface area (TPSA) is 13.1 Å². The number of hydrogen-bond acceptors (Lipinski definition) is 1. The highest BCUT2D eigenvalue weighted by Gasteiger charge is 1.99. The van der Waals surface area contributed by atoms with Gasteiger partial charge in [-0.15, -0.1) is 0 Å². The van der Waals surface area contributed by atoms with Crippen molar-refractivity contribution < 1.29 is 13.2 Å². The molecule has 0 N–H and O–H groups in total. The van der Waals surface area contributed by atoms with Crippen LogP contribution >= 0.6 is 0 Å². The van der Waals surface area contributed by atoms with Crippen molar-refractivity contribution in [2.24, 2.45) is 0 Å². The summed E-state index contributed by atoms with van der Waals surface area (Å²) in [6.07, 6.45) is 1.23. The fourth-order valence-corrected chi connectivity index (χ4v) is 0.617. The van der Waals surface area contributed by atoms with E-state index < -0.39 is 6.08 Å². The Bertz CT molecular complexity index is 268. The molecule has 1 nitrogen and oxygen atoms in total. The summed E-state index contributed by atoms with van der Waals surface area (Å²) in [4.78, 5) is 0. The lowest BCUT2D eigenvalue weighted by Gasteiger charge is -1.90. The Hall–Kier alpha value is -1.38. The fourth-order valence-electron chi connectivity index (χ4n) is 0.617. The normalized spacial score (nSPS) is 9.27. The molecule has 3 heteroatoms. The van der Waals surface area contributed by atoms with Crippen molar-refractivity contribution in [3.8, 4) is 0 Å². The molecule has 1 heterocycles. The maximum atomic E-state index is 11.6. The first-order chi connectivity index (χ1) is 5.20. The number of rotatable bonds is 2. The predicted octanol–water partition coefficient (Wildman–Crippen LogP) is 2.87. The third-order valence-corrected chi connectivity index (χ3v) is 1.07. The van der Waals surface area contributed by atoms with Gasteiger partial charge in [0.1, 0.15) is 5.76 Å². The number of allylic oxidation sites excluding steroid dienone is 2. The molecule has 0 aliphatic rings. The molecular weight excluding hydrogens is 150 g/mol. The van der Waals surface area contributed by atoms with Crippen LogP contribution in [0.5, 0.6) is 0 Å². The Morgan fingerprint density at radius 1 is 1.64 bits per heavy atom. The lowest BCUT2D eigenvalue weighted by Crippen LogP contribution is -1.72. The molecule has 0 fully saturated rings. The Balaban J connectivity index is 2.80. The van der Waals surface area contributed by atoms with E-state index in [9.17, 15) is 8.78 Å². The second-order valence-corrected chi connectivity index (χ2v) is 1.88. The molecule has 0 spiro atoms. The minimum Gasteiger partial charge on any atom is -0.453 e. The van der Waals surface area contributed by atoms with E-state index in [-0.39, 0.29) is 5.57 Å². The summed E-state index contributed by atoms with van der Waals surface area (Å²) < 4.78 is 27.9. The van der Waals surface area contributed by atoms with Gasteiger partial charge in [0.25, 0.3) is 6.08 Å². The quantitative estimate of drug-likeness (QED) is 0.598. The Labute approximate surface area is 62.6 Å². The molecule has 1 aromatic heterocycles. The first-order valence-corrected chi connectivity index (χ1v) is 2.88. The number of hydrogen-bond donors (Lipinski definition) is 0. The summed E-state index contributed by atoms with van der Waals surface area (Å²) in [5, 5.41) is 0. The van der Waals surface area contributed by atoms with Gasteiger partial charge >= 0.3 is 0 Å². The molecule has 0 aliphatic carbocycles. The SMILES string of the molecule is C=C(C=C(F)F)c1cc[c]o1. The van der Waals surface area contributed by atoms with E-state index in [1.807, 2.05) is 0 Å². The minimum atomic E-state index is -1.79. The largest absolute Gasteiger partial charge is 0.453 e. The zero-order valence-electron chi connectivity index (χ0n) is 5.60. The van der Waals surface area contributed by atoms with E-state index in [1.165, 1.54) is 12.1 Å². The van der Waals surface area contributed by atoms with Crippen molar-refractivity contribution in [3.63, 3.8) is 0 Å².